The molecule has 17 heavy (non-hydrogen) atoms. The third-order valence-electron chi connectivity index (χ3n) is 3.47. The molecule has 0 bridgehead atoms. The van der Waals surface area contributed by atoms with E-state index in [-0.39, 0.29) is 23.7 Å². The molecule has 0 radical (unpaired) electrons. The third kappa shape index (κ3) is 1.44. The van der Waals surface area contributed by atoms with Crippen LogP contribution in [0.3, 0.4) is 0 Å². The van der Waals surface area contributed by atoms with E-state index in [1.54, 1.807) is 6.07 Å². The Kier molecular flexibility index (Phi) is 2.16. The van der Waals surface area contributed by atoms with Gasteiger partial charge in [-0.15, -0.1) is 0 Å². The molecule has 1 fully saturated rings. The maximum absolute atomic E-state index is 11.4. The minimum Gasteiger partial charge on any atom is -0.507 e. The van der Waals surface area contributed by atoms with Crippen molar-refractivity contribution in [3.63, 3.8) is 0 Å². The summed E-state index contributed by atoms with van der Waals surface area (Å²) < 4.78 is 11.4. The Morgan fingerprint density at radius 2 is 2.24 bits per heavy atom. The molecular formula is C13H14O4. The van der Waals surface area contributed by atoms with Crippen molar-refractivity contribution in [3.8, 4) is 11.5 Å². The van der Waals surface area contributed by atoms with Gasteiger partial charge in [0.25, 0.3) is 0 Å². The van der Waals surface area contributed by atoms with E-state index in [1.807, 2.05) is 0 Å². The van der Waals surface area contributed by atoms with Crippen molar-refractivity contribution in [1.29, 1.82) is 0 Å². The van der Waals surface area contributed by atoms with E-state index in [4.69, 9.17) is 9.47 Å². The van der Waals surface area contributed by atoms with Crippen LogP contribution in [0.25, 0.3) is 0 Å². The largest absolute Gasteiger partial charge is 0.507 e. The number of carbonyl (C=O) groups excluding carboxylic acids is 1. The zero-order chi connectivity index (χ0) is 12.2. The van der Waals surface area contributed by atoms with Gasteiger partial charge in [0.1, 0.15) is 23.7 Å². The van der Waals surface area contributed by atoms with Crippen LogP contribution in [0.15, 0.2) is 12.1 Å². The van der Waals surface area contributed by atoms with Crippen LogP contribution in [-0.2, 0) is 4.74 Å². The molecule has 0 aliphatic carbocycles. The number of benzene rings is 1. The second-order valence-corrected chi connectivity index (χ2v) is 4.78. The van der Waals surface area contributed by atoms with E-state index < -0.39 is 0 Å². The number of rotatable bonds is 1. The van der Waals surface area contributed by atoms with Crippen molar-refractivity contribution in [1.82, 2.24) is 0 Å². The number of Topliss-reactive ketones (excluding diaryl/α,β-unsaturated/α-hetero) is 1. The van der Waals surface area contributed by atoms with Gasteiger partial charge in [-0.05, 0) is 13.0 Å². The first kappa shape index (κ1) is 10.6. The van der Waals surface area contributed by atoms with E-state index in [9.17, 15) is 9.90 Å². The molecule has 1 aromatic rings. The van der Waals surface area contributed by atoms with Crippen LogP contribution in [0.4, 0.5) is 0 Å². The summed E-state index contributed by atoms with van der Waals surface area (Å²) in [5.41, 5.74) is 1.21. The van der Waals surface area contributed by atoms with Gasteiger partial charge < -0.3 is 14.6 Å². The fraction of sp³-hybridized carbons (Fsp3) is 0.462. The number of hydrogen-bond acceptors (Lipinski definition) is 4. The van der Waals surface area contributed by atoms with E-state index >= 15 is 0 Å². The maximum Gasteiger partial charge on any atom is 0.163 e. The molecule has 2 aliphatic rings. The molecule has 3 rings (SSSR count). The van der Waals surface area contributed by atoms with Gasteiger partial charge in [0.05, 0.1) is 12.2 Å². The fourth-order valence-corrected chi connectivity index (χ4v) is 2.53. The second kappa shape index (κ2) is 3.47. The first-order valence-corrected chi connectivity index (χ1v) is 5.74. The first-order valence-electron chi connectivity index (χ1n) is 5.74. The predicted molar refractivity (Wildman–Crippen MR) is 60.4 cm³/mol. The molecule has 0 aromatic heterocycles. The van der Waals surface area contributed by atoms with Crippen molar-refractivity contribution < 1.29 is 19.4 Å². The fourth-order valence-electron chi connectivity index (χ4n) is 2.53. The highest BCUT2D eigenvalue weighted by Crippen LogP contribution is 2.47. The molecule has 1 N–H and O–H groups in total. The van der Waals surface area contributed by atoms with E-state index in [0.29, 0.717) is 23.8 Å². The summed E-state index contributed by atoms with van der Waals surface area (Å²) >= 11 is 0. The number of carbonyl (C=O) groups is 1. The van der Waals surface area contributed by atoms with Gasteiger partial charge >= 0.3 is 0 Å². The summed E-state index contributed by atoms with van der Waals surface area (Å²) in [7, 11) is 0. The van der Waals surface area contributed by atoms with Crippen LogP contribution in [0, 0.1) is 5.92 Å². The molecular weight excluding hydrogens is 220 g/mol. The Bertz CT molecular complexity index is 494. The van der Waals surface area contributed by atoms with Crippen molar-refractivity contribution in [2.45, 2.75) is 26.1 Å². The summed E-state index contributed by atoms with van der Waals surface area (Å²) in [6.45, 7) is 4.18. The SMILES string of the molecule is CC(=O)c1cc2c(cc1O)O[C@@H]1[C@H](C)CO[C@H]21. The molecule has 90 valence electrons. The van der Waals surface area contributed by atoms with Gasteiger partial charge in [-0.3, -0.25) is 4.79 Å². The number of phenols is 1. The van der Waals surface area contributed by atoms with Crippen LogP contribution in [0.5, 0.6) is 11.5 Å². The highest BCUT2D eigenvalue weighted by molar-refractivity contribution is 5.97. The molecule has 1 aromatic carbocycles. The Morgan fingerprint density at radius 1 is 1.47 bits per heavy atom. The lowest BCUT2D eigenvalue weighted by Gasteiger charge is -2.11. The van der Waals surface area contributed by atoms with Gasteiger partial charge in [-0.2, -0.15) is 0 Å². The number of ketones is 1. The smallest absolute Gasteiger partial charge is 0.163 e. The molecule has 2 heterocycles. The highest BCUT2D eigenvalue weighted by Gasteiger charge is 2.44. The summed E-state index contributed by atoms with van der Waals surface area (Å²) in [4.78, 5) is 11.4. The monoisotopic (exact) mass is 234 g/mol. The topological polar surface area (TPSA) is 55.8 Å². The lowest BCUT2D eigenvalue weighted by atomic mass is 9.98. The Morgan fingerprint density at radius 3 is 2.94 bits per heavy atom. The van der Waals surface area contributed by atoms with Crippen molar-refractivity contribution >= 4 is 5.78 Å². The van der Waals surface area contributed by atoms with E-state index in [1.165, 1.54) is 13.0 Å². The van der Waals surface area contributed by atoms with E-state index in [0.717, 1.165) is 5.56 Å². The van der Waals surface area contributed by atoms with Crippen molar-refractivity contribution in [2.75, 3.05) is 6.61 Å². The quantitative estimate of drug-likeness (QED) is 0.756. The number of hydrogen-bond donors (Lipinski definition) is 1. The molecule has 1 saturated heterocycles. The standard InChI is InChI=1S/C13H14O4/c1-6-5-16-13-9-3-8(7(2)14)10(15)4-11(9)17-12(6)13/h3-4,6,12-13,15H,5H2,1-2H3/t6-,12-,13-/m1/s1. The summed E-state index contributed by atoms with van der Waals surface area (Å²) in [5.74, 6) is 0.785. The molecule has 2 aliphatic heterocycles. The van der Waals surface area contributed by atoms with Crippen LogP contribution in [0.1, 0.15) is 35.9 Å². The van der Waals surface area contributed by atoms with Gasteiger partial charge in [-0.1, -0.05) is 6.92 Å². The van der Waals surface area contributed by atoms with Crippen LogP contribution < -0.4 is 4.74 Å². The predicted octanol–water partition coefficient (Wildman–Crippen LogP) is 2.06. The maximum atomic E-state index is 11.4. The van der Waals surface area contributed by atoms with Gasteiger partial charge in [0, 0.05) is 17.5 Å². The Hall–Kier alpha value is -1.55. The lowest BCUT2D eigenvalue weighted by Crippen LogP contribution is -2.20. The first-order chi connectivity index (χ1) is 8.08. The number of phenolic OH excluding ortho intramolecular Hbond substituents is 1. The van der Waals surface area contributed by atoms with Crippen LogP contribution in [0.2, 0.25) is 0 Å². The lowest BCUT2D eigenvalue weighted by molar-refractivity contribution is 0.0790. The van der Waals surface area contributed by atoms with Gasteiger partial charge in [-0.25, -0.2) is 0 Å². The summed E-state index contributed by atoms with van der Waals surface area (Å²) in [5, 5.41) is 9.73. The highest BCUT2D eigenvalue weighted by atomic mass is 16.6. The normalized spacial score (nSPS) is 29.6. The third-order valence-corrected chi connectivity index (χ3v) is 3.47. The number of fused-ring (bicyclic) bond motifs is 3. The molecule has 3 atom stereocenters. The van der Waals surface area contributed by atoms with Crippen molar-refractivity contribution in [3.05, 3.63) is 23.3 Å². The zero-order valence-electron chi connectivity index (χ0n) is 9.77. The second-order valence-electron chi connectivity index (χ2n) is 4.78. The Balaban J connectivity index is 2.08. The summed E-state index contributed by atoms with van der Waals surface area (Å²) in [6.07, 6.45) is -0.0923. The minimum absolute atomic E-state index is 0.00612. The Labute approximate surface area is 99.2 Å². The average molecular weight is 234 g/mol. The van der Waals surface area contributed by atoms with E-state index in [2.05, 4.69) is 6.92 Å². The molecule has 0 saturated carbocycles. The molecule has 0 amide bonds. The molecule has 4 heteroatoms. The van der Waals surface area contributed by atoms with Gasteiger partial charge in [0.15, 0.2) is 5.78 Å². The number of aromatic hydroxyl groups is 1. The van der Waals surface area contributed by atoms with Gasteiger partial charge in [0.2, 0.25) is 0 Å². The average Bonchev–Trinajstić information content (AvgIpc) is 2.77. The van der Waals surface area contributed by atoms with Crippen molar-refractivity contribution in [2.24, 2.45) is 5.92 Å². The molecule has 0 spiro atoms. The minimum atomic E-state index is -0.153. The molecule has 4 nitrogen and oxygen atoms in total. The summed E-state index contributed by atoms with van der Waals surface area (Å²) in [6, 6.07) is 3.20. The number of ether oxygens (including phenoxy) is 2. The zero-order valence-corrected chi connectivity index (χ0v) is 9.77. The van der Waals surface area contributed by atoms with Crippen LogP contribution >= 0.6 is 0 Å². The molecule has 0 unspecified atom stereocenters. The van der Waals surface area contributed by atoms with Crippen LogP contribution in [-0.4, -0.2) is 23.6 Å².